The minimum absolute atomic E-state index is 0.262. The summed E-state index contributed by atoms with van der Waals surface area (Å²) in [4.78, 5) is 26.9. The van der Waals surface area contributed by atoms with Crippen molar-refractivity contribution in [2.75, 3.05) is 0 Å². The molecule has 1 aliphatic rings. The number of rotatable bonds is 6. The van der Waals surface area contributed by atoms with Crippen LogP contribution in [0.25, 0.3) is 6.08 Å². The molecule has 0 bridgehead atoms. The molecule has 0 atom stereocenters. The molecule has 0 aliphatic carbocycles. The Labute approximate surface area is 217 Å². The van der Waals surface area contributed by atoms with Gasteiger partial charge in [0.15, 0.2) is 0 Å². The van der Waals surface area contributed by atoms with E-state index in [1.165, 1.54) is 4.90 Å². The quantitative estimate of drug-likeness (QED) is 0.207. The fourth-order valence-electron chi connectivity index (χ4n) is 3.03. The highest BCUT2D eigenvalue weighted by Gasteiger charge is 2.35. The van der Waals surface area contributed by atoms with Crippen LogP contribution in [0.3, 0.4) is 0 Å². The summed E-state index contributed by atoms with van der Waals surface area (Å²) in [6.07, 6.45) is 1.73. The highest BCUT2D eigenvalue weighted by Crippen LogP contribution is 2.35. The summed E-state index contributed by atoms with van der Waals surface area (Å²) in [6.45, 7) is 0.673. The number of imide groups is 1. The summed E-state index contributed by atoms with van der Waals surface area (Å²) < 4.78 is 7.74. The van der Waals surface area contributed by atoms with E-state index in [2.05, 4.69) is 38.5 Å². The number of ether oxygens (including phenoxy) is 1. The number of nitrogens with zero attached hydrogens (tertiary/aromatic N) is 1. The maximum Gasteiger partial charge on any atom is 0.293 e. The van der Waals surface area contributed by atoms with Crippen LogP contribution in [0.4, 0.5) is 4.79 Å². The standard InChI is InChI=1S/C24H16BrClINO3S/c25-20-11-17(5-10-21(20)31-14-16-1-6-18(26)7-2-16)12-22-23(29)28(24(30)32-22)13-15-3-8-19(27)9-4-15/h1-12H,13-14H2/b22-12+. The Kier molecular flexibility index (Phi) is 7.60. The van der Waals surface area contributed by atoms with Gasteiger partial charge in [-0.1, -0.05) is 41.9 Å². The van der Waals surface area contributed by atoms with E-state index < -0.39 is 0 Å². The van der Waals surface area contributed by atoms with Crippen molar-refractivity contribution in [3.8, 4) is 5.75 Å². The van der Waals surface area contributed by atoms with E-state index >= 15 is 0 Å². The topological polar surface area (TPSA) is 46.6 Å². The van der Waals surface area contributed by atoms with Crippen molar-refractivity contribution in [1.29, 1.82) is 0 Å². The second-order valence-corrected chi connectivity index (χ2v) is 10.5. The first-order chi connectivity index (χ1) is 15.4. The van der Waals surface area contributed by atoms with Crippen LogP contribution in [-0.2, 0) is 17.9 Å². The normalized spacial score (nSPS) is 15.0. The number of carbonyl (C=O) groups excluding carboxylic acids is 2. The van der Waals surface area contributed by atoms with Crippen LogP contribution in [0, 0.1) is 3.57 Å². The second kappa shape index (κ2) is 10.4. The predicted octanol–water partition coefficient (Wildman–Crippen LogP) is 7.52. The third-order valence-corrected chi connectivity index (χ3v) is 7.19. The van der Waals surface area contributed by atoms with Gasteiger partial charge in [-0.2, -0.15) is 0 Å². The lowest BCUT2D eigenvalue weighted by molar-refractivity contribution is -0.123. The summed E-state index contributed by atoms with van der Waals surface area (Å²) in [6, 6.07) is 20.8. The van der Waals surface area contributed by atoms with E-state index in [0.29, 0.717) is 22.3 Å². The SMILES string of the molecule is O=C1S/C(=C/c2ccc(OCc3ccc(Cl)cc3)c(Br)c2)C(=O)N1Cc1ccc(I)cc1. The van der Waals surface area contributed by atoms with Gasteiger partial charge in [0.2, 0.25) is 0 Å². The Morgan fingerprint density at radius 3 is 2.38 bits per heavy atom. The molecular formula is C24H16BrClINO3S. The van der Waals surface area contributed by atoms with Crippen LogP contribution >= 0.6 is 61.9 Å². The number of benzene rings is 3. The number of amides is 2. The monoisotopic (exact) mass is 639 g/mol. The van der Waals surface area contributed by atoms with Gasteiger partial charge in [-0.25, -0.2) is 0 Å². The molecule has 32 heavy (non-hydrogen) atoms. The number of hydrogen-bond acceptors (Lipinski definition) is 4. The Morgan fingerprint density at radius 2 is 1.69 bits per heavy atom. The Morgan fingerprint density at radius 1 is 1.00 bits per heavy atom. The molecule has 0 spiro atoms. The zero-order chi connectivity index (χ0) is 22.7. The van der Waals surface area contributed by atoms with Crippen LogP contribution in [0.5, 0.6) is 5.75 Å². The molecule has 3 aromatic carbocycles. The highest BCUT2D eigenvalue weighted by molar-refractivity contribution is 14.1. The summed E-state index contributed by atoms with van der Waals surface area (Å²) in [7, 11) is 0. The fourth-order valence-corrected chi connectivity index (χ4v) is 4.86. The Balaban J connectivity index is 1.44. The van der Waals surface area contributed by atoms with Gasteiger partial charge in [0.05, 0.1) is 15.9 Å². The van der Waals surface area contributed by atoms with E-state index in [4.69, 9.17) is 16.3 Å². The first-order valence-electron chi connectivity index (χ1n) is 9.55. The summed E-state index contributed by atoms with van der Waals surface area (Å²) >= 11 is 12.6. The van der Waals surface area contributed by atoms with Gasteiger partial charge in [0, 0.05) is 8.59 Å². The van der Waals surface area contributed by atoms with Gasteiger partial charge in [-0.05, 0) is 109 Å². The molecule has 162 valence electrons. The summed E-state index contributed by atoms with van der Waals surface area (Å²) in [5, 5.41) is 0.420. The van der Waals surface area contributed by atoms with Gasteiger partial charge in [0.1, 0.15) is 12.4 Å². The molecule has 1 saturated heterocycles. The van der Waals surface area contributed by atoms with E-state index in [0.717, 1.165) is 36.5 Å². The molecule has 1 aliphatic heterocycles. The van der Waals surface area contributed by atoms with Crippen LogP contribution in [-0.4, -0.2) is 16.0 Å². The smallest absolute Gasteiger partial charge is 0.293 e. The van der Waals surface area contributed by atoms with Crippen LogP contribution in [0.1, 0.15) is 16.7 Å². The van der Waals surface area contributed by atoms with Crippen molar-refractivity contribution in [1.82, 2.24) is 4.90 Å². The van der Waals surface area contributed by atoms with Crippen molar-refractivity contribution < 1.29 is 14.3 Å². The van der Waals surface area contributed by atoms with Crippen LogP contribution in [0.2, 0.25) is 5.02 Å². The maximum atomic E-state index is 12.8. The van der Waals surface area contributed by atoms with E-state index in [1.807, 2.05) is 66.7 Å². The first kappa shape index (κ1) is 23.4. The second-order valence-electron chi connectivity index (χ2n) is 7.00. The predicted molar refractivity (Wildman–Crippen MR) is 141 cm³/mol. The van der Waals surface area contributed by atoms with Gasteiger partial charge in [-0.3, -0.25) is 14.5 Å². The van der Waals surface area contributed by atoms with E-state index in [9.17, 15) is 9.59 Å². The molecule has 4 rings (SSSR count). The van der Waals surface area contributed by atoms with Gasteiger partial charge in [-0.15, -0.1) is 0 Å². The molecule has 0 saturated carbocycles. The lowest BCUT2D eigenvalue weighted by Crippen LogP contribution is -2.27. The van der Waals surface area contributed by atoms with Crippen molar-refractivity contribution in [3.63, 3.8) is 0 Å². The number of thioether (sulfide) groups is 1. The summed E-state index contributed by atoms with van der Waals surface area (Å²) in [5.41, 5.74) is 2.72. The van der Waals surface area contributed by atoms with Gasteiger partial charge >= 0.3 is 0 Å². The fraction of sp³-hybridized carbons (Fsp3) is 0.0833. The van der Waals surface area contributed by atoms with Crippen LogP contribution < -0.4 is 4.74 Å². The zero-order valence-electron chi connectivity index (χ0n) is 16.6. The van der Waals surface area contributed by atoms with Crippen molar-refractivity contribution in [3.05, 3.63) is 101 Å². The molecule has 4 nitrogen and oxygen atoms in total. The van der Waals surface area contributed by atoms with Gasteiger partial charge < -0.3 is 4.74 Å². The maximum absolute atomic E-state index is 12.8. The number of carbonyl (C=O) groups is 2. The van der Waals surface area contributed by atoms with Crippen molar-refractivity contribution >= 4 is 79.1 Å². The molecule has 8 heteroatoms. The zero-order valence-corrected chi connectivity index (χ0v) is 21.9. The number of halogens is 3. The van der Waals surface area contributed by atoms with Crippen molar-refractivity contribution in [2.24, 2.45) is 0 Å². The third kappa shape index (κ3) is 5.75. The Bertz CT molecular complexity index is 1200. The molecule has 1 fully saturated rings. The average molecular weight is 641 g/mol. The molecule has 2 amide bonds. The average Bonchev–Trinajstić information content (AvgIpc) is 3.03. The largest absolute Gasteiger partial charge is 0.488 e. The molecule has 0 unspecified atom stereocenters. The molecule has 0 N–H and O–H groups in total. The molecular weight excluding hydrogens is 625 g/mol. The molecule has 1 heterocycles. The van der Waals surface area contributed by atoms with Gasteiger partial charge in [0.25, 0.3) is 11.1 Å². The minimum atomic E-state index is -0.280. The minimum Gasteiger partial charge on any atom is -0.488 e. The van der Waals surface area contributed by atoms with Crippen molar-refractivity contribution in [2.45, 2.75) is 13.2 Å². The molecule has 0 radical (unpaired) electrons. The highest BCUT2D eigenvalue weighted by atomic mass is 127. The lowest BCUT2D eigenvalue weighted by Gasteiger charge is -2.12. The van der Waals surface area contributed by atoms with Crippen LogP contribution in [0.15, 0.2) is 76.1 Å². The van der Waals surface area contributed by atoms with E-state index in [-0.39, 0.29) is 17.7 Å². The van der Waals surface area contributed by atoms with E-state index in [1.54, 1.807) is 6.08 Å². The lowest BCUT2D eigenvalue weighted by atomic mass is 10.2. The number of hydrogen-bond donors (Lipinski definition) is 0. The third-order valence-electron chi connectivity index (χ3n) is 4.69. The molecule has 0 aromatic heterocycles. The molecule has 3 aromatic rings. The summed E-state index contributed by atoms with van der Waals surface area (Å²) in [5.74, 6) is 0.404. The Hall–Kier alpha value is -1.81. The first-order valence-corrected chi connectivity index (χ1v) is 12.6.